The number of furan rings is 1. The Morgan fingerprint density at radius 3 is 2.71 bits per heavy atom. The molecule has 0 aliphatic rings. The Bertz CT molecular complexity index is 511. The van der Waals surface area contributed by atoms with Gasteiger partial charge in [0.15, 0.2) is 0 Å². The first kappa shape index (κ1) is 9.28. The molecule has 0 spiro atoms. The van der Waals surface area contributed by atoms with Crippen LogP contribution in [0.15, 0.2) is 22.6 Å². The average Bonchev–Trinajstić information content (AvgIpc) is 2.43. The van der Waals surface area contributed by atoms with Gasteiger partial charge in [0.25, 0.3) is 5.24 Å². The lowest BCUT2D eigenvalue weighted by Gasteiger charge is -1.96. The normalized spacial score (nSPS) is 10.8. The van der Waals surface area contributed by atoms with E-state index in [1.807, 2.05) is 19.9 Å². The quantitative estimate of drug-likeness (QED) is 0.673. The van der Waals surface area contributed by atoms with Crippen molar-refractivity contribution in [3.05, 3.63) is 35.1 Å². The summed E-state index contributed by atoms with van der Waals surface area (Å²) in [5.74, 6) is 0.824. The van der Waals surface area contributed by atoms with E-state index in [9.17, 15) is 4.79 Å². The van der Waals surface area contributed by atoms with E-state index < -0.39 is 5.24 Å². The molecule has 72 valence electrons. The summed E-state index contributed by atoms with van der Waals surface area (Å²) in [4.78, 5) is 11.1. The molecular formula is C11H9ClO2. The molecule has 0 aliphatic heterocycles. The molecule has 0 N–H and O–H groups in total. The summed E-state index contributed by atoms with van der Waals surface area (Å²) < 4.78 is 5.48. The summed E-state index contributed by atoms with van der Waals surface area (Å²) in [6, 6.07) is 5.30. The van der Waals surface area contributed by atoms with Crippen molar-refractivity contribution >= 4 is 27.8 Å². The Balaban J connectivity index is 2.91. The fourth-order valence-corrected chi connectivity index (χ4v) is 1.74. The Morgan fingerprint density at radius 1 is 1.36 bits per heavy atom. The highest BCUT2D eigenvalue weighted by atomic mass is 35.5. The molecule has 0 unspecified atom stereocenters. The van der Waals surface area contributed by atoms with Crippen LogP contribution >= 0.6 is 11.6 Å². The zero-order chi connectivity index (χ0) is 10.3. The number of hydrogen-bond acceptors (Lipinski definition) is 2. The Kier molecular flexibility index (Phi) is 2.08. The van der Waals surface area contributed by atoms with Crippen LogP contribution in [0.25, 0.3) is 11.0 Å². The maximum absolute atomic E-state index is 11.1. The first-order valence-corrected chi connectivity index (χ1v) is 4.67. The molecule has 0 bridgehead atoms. The minimum atomic E-state index is -0.445. The van der Waals surface area contributed by atoms with E-state index in [0.29, 0.717) is 11.1 Å². The summed E-state index contributed by atoms with van der Waals surface area (Å²) in [5.41, 5.74) is 2.20. The second-order valence-corrected chi connectivity index (χ2v) is 3.58. The van der Waals surface area contributed by atoms with Gasteiger partial charge in [0, 0.05) is 10.9 Å². The van der Waals surface area contributed by atoms with Gasteiger partial charge >= 0.3 is 0 Å². The zero-order valence-electron chi connectivity index (χ0n) is 7.93. The van der Waals surface area contributed by atoms with Crippen LogP contribution in [-0.2, 0) is 0 Å². The topological polar surface area (TPSA) is 30.2 Å². The van der Waals surface area contributed by atoms with Gasteiger partial charge in [-0.15, -0.1) is 0 Å². The number of carbonyl (C=O) groups is 1. The first-order chi connectivity index (χ1) is 6.61. The molecule has 1 aromatic carbocycles. The minimum Gasteiger partial charge on any atom is -0.461 e. The third kappa shape index (κ3) is 1.23. The van der Waals surface area contributed by atoms with Gasteiger partial charge in [0.05, 0.1) is 0 Å². The molecule has 0 aliphatic carbocycles. The zero-order valence-corrected chi connectivity index (χ0v) is 8.68. The Morgan fingerprint density at radius 2 is 2.07 bits per heavy atom. The number of benzene rings is 1. The van der Waals surface area contributed by atoms with Gasteiger partial charge < -0.3 is 4.42 Å². The highest BCUT2D eigenvalue weighted by molar-refractivity contribution is 6.68. The van der Waals surface area contributed by atoms with Crippen molar-refractivity contribution in [2.24, 2.45) is 0 Å². The second kappa shape index (κ2) is 3.14. The van der Waals surface area contributed by atoms with Crippen LogP contribution in [0.5, 0.6) is 0 Å². The van der Waals surface area contributed by atoms with Crippen molar-refractivity contribution in [1.29, 1.82) is 0 Å². The summed E-state index contributed by atoms with van der Waals surface area (Å²) in [7, 11) is 0. The Hall–Kier alpha value is -1.28. The number of aryl methyl sites for hydroxylation is 2. The van der Waals surface area contributed by atoms with Gasteiger partial charge in [0.1, 0.15) is 11.3 Å². The van der Waals surface area contributed by atoms with E-state index in [0.717, 1.165) is 16.7 Å². The number of rotatable bonds is 1. The van der Waals surface area contributed by atoms with Crippen LogP contribution in [-0.4, -0.2) is 5.24 Å². The summed E-state index contributed by atoms with van der Waals surface area (Å²) in [6.07, 6.45) is 0. The van der Waals surface area contributed by atoms with E-state index >= 15 is 0 Å². The third-order valence-corrected chi connectivity index (χ3v) is 2.61. The summed E-state index contributed by atoms with van der Waals surface area (Å²) >= 11 is 5.48. The summed E-state index contributed by atoms with van der Waals surface area (Å²) in [5, 5.41) is 0.379. The van der Waals surface area contributed by atoms with Crippen molar-refractivity contribution in [3.8, 4) is 0 Å². The molecule has 2 aromatic rings. The second-order valence-electron chi connectivity index (χ2n) is 3.24. The van der Waals surface area contributed by atoms with Gasteiger partial charge in [-0.1, -0.05) is 6.07 Å². The summed E-state index contributed by atoms with van der Waals surface area (Å²) in [6.45, 7) is 3.79. The maximum Gasteiger partial charge on any atom is 0.253 e. The predicted octanol–water partition coefficient (Wildman–Crippen LogP) is 3.43. The average molecular weight is 209 g/mol. The molecule has 0 atom stereocenters. The van der Waals surface area contributed by atoms with Gasteiger partial charge in [-0.25, -0.2) is 0 Å². The molecule has 0 radical (unpaired) electrons. The SMILES string of the molecule is Cc1oc2cccc(C(=O)Cl)c2c1C. The minimum absolute atomic E-state index is 0.445. The van der Waals surface area contributed by atoms with Gasteiger partial charge in [0.2, 0.25) is 0 Å². The highest BCUT2D eigenvalue weighted by Crippen LogP contribution is 2.28. The standard InChI is InChI=1S/C11H9ClO2/c1-6-7(2)14-9-5-3-4-8(10(6)9)11(12)13/h3-5H,1-2H3. The van der Waals surface area contributed by atoms with E-state index in [4.69, 9.17) is 16.0 Å². The number of fused-ring (bicyclic) bond motifs is 1. The maximum atomic E-state index is 11.1. The van der Waals surface area contributed by atoms with E-state index in [2.05, 4.69) is 0 Å². The molecule has 14 heavy (non-hydrogen) atoms. The molecule has 2 nitrogen and oxygen atoms in total. The van der Waals surface area contributed by atoms with E-state index in [1.54, 1.807) is 12.1 Å². The molecule has 0 amide bonds. The molecule has 0 saturated heterocycles. The van der Waals surface area contributed by atoms with Crippen molar-refractivity contribution in [2.75, 3.05) is 0 Å². The highest BCUT2D eigenvalue weighted by Gasteiger charge is 2.14. The molecule has 1 heterocycles. The van der Waals surface area contributed by atoms with Gasteiger partial charge in [-0.05, 0) is 43.1 Å². The van der Waals surface area contributed by atoms with Crippen molar-refractivity contribution in [1.82, 2.24) is 0 Å². The fraction of sp³-hybridized carbons (Fsp3) is 0.182. The molecule has 1 aromatic heterocycles. The largest absolute Gasteiger partial charge is 0.461 e. The van der Waals surface area contributed by atoms with E-state index in [-0.39, 0.29) is 0 Å². The van der Waals surface area contributed by atoms with Crippen molar-refractivity contribution < 1.29 is 9.21 Å². The van der Waals surface area contributed by atoms with Crippen LogP contribution in [0.2, 0.25) is 0 Å². The van der Waals surface area contributed by atoms with Crippen LogP contribution in [0, 0.1) is 13.8 Å². The Labute approximate surface area is 86.5 Å². The lowest BCUT2D eigenvalue weighted by Crippen LogP contribution is -1.89. The van der Waals surface area contributed by atoms with Crippen LogP contribution < -0.4 is 0 Å². The van der Waals surface area contributed by atoms with E-state index in [1.165, 1.54) is 0 Å². The van der Waals surface area contributed by atoms with Gasteiger partial charge in [-0.2, -0.15) is 0 Å². The molecule has 0 saturated carbocycles. The molecule has 0 fully saturated rings. The molecule has 2 rings (SSSR count). The van der Waals surface area contributed by atoms with Crippen molar-refractivity contribution in [3.63, 3.8) is 0 Å². The lowest BCUT2D eigenvalue weighted by atomic mass is 10.1. The van der Waals surface area contributed by atoms with Crippen LogP contribution in [0.4, 0.5) is 0 Å². The number of halogens is 1. The molecule has 3 heteroatoms. The van der Waals surface area contributed by atoms with Crippen molar-refractivity contribution in [2.45, 2.75) is 13.8 Å². The smallest absolute Gasteiger partial charge is 0.253 e. The monoisotopic (exact) mass is 208 g/mol. The number of hydrogen-bond donors (Lipinski definition) is 0. The van der Waals surface area contributed by atoms with Crippen LogP contribution in [0.3, 0.4) is 0 Å². The third-order valence-electron chi connectivity index (χ3n) is 2.40. The molecular weight excluding hydrogens is 200 g/mol. The lowest BCUT2D eigenvalue weighted by molar-refractivity contribution is 0.108. The first-order valence-electron chi connectivity index (χ1n) is 4.30. The number of carbonyl (C=O) groups excluding carboxylic acids is 1. The predicted molar refractivity (Wildman–Crippen MR) is 55.9 cm³/mol. The van der Waals surface area contributed by atoms with Gasteiger partial charge in [-0.3, -0.25) is 4.79 Å². The van der Waals surface area contributed by atoms with Crippen LogP contribution in [0.1, 0.15) is 21.7 Å². The fourth-order valence-electron chi connectivity index (χ4n) is 1.58.